The van der Waals surface area contributed by atoms with Crippen LogP contribution in [0.5, 0.6) is 5.88 Å². The fraction of sp³-hybridized carbons (Fsp3) is 0.273. The van der Waals surface area contributed by atoms with Crippen molar-refractivity contribution >= 4 is 17.5 Å². The van der Waals surface area contributed by atoms with Gasteiger partial charge in [0.25, 0.3) is 5.91 Å². The molecule has 0 aromatic carbocycles. The third kappa shape index (κ3) is 2.48. The fourth-order valence-electron chi connectivity index (χ4n) is 1.51. The lowest BCUT2D eigenvalue weighted by atomic mass is 10.3. The van der Waals surface area contributed by atoms with Crippen LogP contribution >= 0.6 is 11.6 Å². The van der Waals surface area contributed by atoms with Crippen molar-refractivity contribution in [3.63, 3.8) is 0 Å². The van der Waals surface area contributed by atoms with E-state index in [2.05, 4.69) is 10.4 Å². The number of hydrogen-bond donors (Lipinski definition) is 1. The molecule has 96 valence electrons. The molecule has 1 N–H and O–H groups in total. The molecule has 2 aromatic heterocycles. The highest BCUT2D eigenvalue weighted by Gasteiger charge is 2.13. The fourth-order valence-corrected chi connectivity index (χ4v) is 1.71. The number of nitrogens with one attached hydrogen (secondary N) is 1. The summed E-state index contributed by atoms with van der Waals surface area (Å²) >= 11 is 5.70. The van der Waals surface area contributed by atoms with Crippen molar-refractivity contribution in [1.82, 2.24) is 15.1 Å². The lowest BCUT2D eigenvalue weighted by molar-refractivity contribution is 0.0950. The highest BCUT2D eigenvalue weighted by molar-refractivity contribution is 6.32. The number of aryl methyl sites for hydroxylation is 1. The van der Waals surface area contributed by atoms with E-state index in [9.17, 15) is 4.79 Å². The minimum absolute atomic E-state index is 0.0751. The molecule has 7 heteroatoms. The summed E-state index contributed by atoms with van der Waals surface area (Å²) in [5, 5.41) is 6.94. The van der Waals surface area contributed by atoms with Gasteiger partial charge in [0, 0.05) is 13.1 Å². The minimum atomic E-state index is -0.307. The monoisotopic (exact) mass is 269 g/mol. The number of carbonyl (C=O) groups excluding carboxylic acids is 1. The van der Waals surface area contributed by atoms with Crippen molar-refractivity contribution in [2.45, 2.75) is 6.54 Å². The van der Waals surface area contributed by atoms with Crippen LogP contribution in [0.15, 0.2) is 22.8 Å². The second-order valence-electron chi connectivity index (χ2n) is 3.59. The van der Waals surface area contributed by atoms with E-state index < -0.39 is 0 Å². The summed E-state index contributed by atoms with van der Waals surface area (Å²) in [7, 11) is 3.32. The van der Waals surface area contributed by atoms with Crippen molar-refractivity contribution in [3.8, 4) is 5.88 Å². The molecule has 2 aromatic rings. The summed E-state index contributed by atoms with van der Waals surface area (Å²) in [6.45, 7) is 0.289. The van der Waals surface area contributed by atoms with Crippen LogP contribution in [0.2, 0.25) is 5.22 Å². The van der Waals surface area contributed by atoms with Gasteiger partial charge < -0.3 is 14.5 Å². The van der Waals surface area contributed by atoms with Crippen LogP contribution in [-0.4, -0.2) is 22.8 Å². The van der Waals surface area contributed by atoms with Gasteiger partial charge in [-0.15, -0.1) is 0 Å². The van der Waals surface area contributed by atoms with Crippen LogP contribution in [0, 0.1) is 0 Å². The zero-order valence-electron chi connectivity index (χ0n) is 9.94. The molecule has 0 saturated carbocycles. The van der Waals surface area contributed by atoms with E-state index in [4.69, 9.17) is 20.8 Å². The molecule has 18 heavy (non-hydrogen) atoms. The van der Waals surface area contributed by atoms with Gasteiger partial charge in [-0.1, -0.05) is 0 Å². The van der Waals surface area contributed by atoms with Gasteiger partial charge >= 0.3 is 0 Å². The number of hydrogen-bond acceptors (Lipinski definition) is 4. The second-order valence-corrected chi connectivity index (χ2v) is 3.94. The maximum atomic E-state index is 11.7. The summed E-state index contributed by atoms with van der Waals surface area (Å²) < 4.78 is 11.5. The average molecular weight is 270 g/mol. The lowest BCUT2D eigenvalue weighted by Gasteiger charge is -2.00. The highest BCUT2D eigenvalue weighted by Crippen LogP contribution is 2.16. The van der Waals surface area contributed by atoms with Gasteiger partial charge in [0.15, 0.2) is 0 Å². The third-order valence-corrected chi connectivity index (χ3v) is 2.68. The Morgan fingerprint density at radius 1 is 1.67 bits per heavy atom. The Morgan fingerprint density at radius 2 is 2.44 bits per heavy atom. The SMILES string of the molecule is COc1cc(CNC(=O)c2ccoc2Cl)nn1C. The number of halogens is 1. The van der Waals surface area contributed by atoms with E-state index in [0.29, 0.717) is 17.1 Å². The average Bonchev–Trinajstić information content (AvgIpc) is 2.92. The first-order valence-corrected chi connectivity index (χ1v) is 5.57. The predicted octanol–water partition coefficient (Wildman–Crippen LogP) is 1.61. The lowest BCUT2D eigenvalue weighted by Crippen LogP contribution is -2.22. The minimum Gasteiger partial charge on any atom is -0.481 e. The first kappa shape index (κ1) is 12.5. The molecule has 2 rings (SSSR count). The molecule has 0 aliphatic carbocycles. The molecule has 2 heterocycles. The third-order valence-electron chi connectivity index (χ3n) is 2.39. The van der Waals surface area contributed by atoms with Crippen molar-refractivity contribution in [2.24, 2.45) is 7.05 Å². The standard InChI is InChI=1S/C11H12ClN3O3/c1-15-9(17-2)5-7(14-15)6-13-11(16)8-3-4-18-10(8)12/h3-5H,6H2,1-2H3,(H,13,16). The first-order valence-electron chi connectivity index (χ1n) is 5.20. The number of furan rings is 1. The van der Waals surface area contributed by atoms with Gasteiger partial charge in [-0.05, 0) is 17.7 Å². The van der Waals surface area contributed by atoms with Gasteiger partial charge in [-0.3, -0.25) is 4.79 Å². The van der Waals surface area contributed by atoms with Crippen LogP contribution < -0.4 is 10.1 Å². The largest absolute Gasteiger partial charge is 0.481 e. The molecule has 0 unspecified atom stereocenters. The molecule has 6 nitrogen and oxygen atoms in total. The Labute approximate surface area is 108 Å². The molecule has 0 bridgehead atoms. The highest BCUT2D eigenvalue weighted by atomic mass is 35.5. The smallest absolute Gasteiger partial charge is 0.256 e. The Kier molecular flexibility index (Phi) is 3.57. The Balaban J connectivity index is 1.99. The molecule has 1 amide bonds. The van der Waals surface area contributed by atoms with E-state index in [-0.39, 0.29) is 17.7 Å². The van der Waals surface area contributed by atoms with Crippen LogP contribution in [0.4, 0.5) is 0 Å². The van der Waals surface area contributed by atoms with Gasteiger partial charge in [-0.2, -0.15) is 5.10 Å². The Hall–Kier alpha value is -1.95. The van der Waals surface area contributed by atoms with Crippen LogP contribution in [0.1, 0.15) is 16.1 Å². The zero-order valence-corrected chi connectivity index (χ0v) is 10.7. The van der Waals surface area contributed by atoms with Gasteiger partial charge in [0.1, 0.15) is 0 Å². The Bertz CT molecular complexity index is 562. The molecule has 0 aliphatic rings. The zero-order chi connectivity index (χ0) is 13.1. The second kappa shape index (κ2) is 5.14. The predicted molar refractivity (Wildman–Crippen MR) is 64.6 cm³/mol. The van der Waals surface area contributed by atoms with Crippen LogP contribution in [0.25, 0.3) is 0 Å². The number of ether oxygens (including phenoxy) is 1. The molecule has 0 radical (unpaired) electrons. The van der Waals surface area contributed by atoms with Crippen molar-refractivity contribution in [3.05, 3.63) is 34.9 Å². The van der Waals surface area contributed by atoms with E-state index in [1.165, 1.54) is 12.3 Å². The Morgan fingerprint density at radius 3 is 3.00 bits per heavy atom. The summed E-state index contributed by atoms with van der Waals surface area (Å²) in [6.07, 6.45) is 1.36. The maximum absolute atomic E-state index is 11.7. The molecule has 0 atom stereocenters. The normalized spacial score (nSPS) is 10.4. The van der Waals surface area contributed by atoms with E-state index >= 15 is 0 Å². The van der Waals surface area contributed by atoms with Gasteiger partial charge in [0.2, 0.25) is 11.1 Å². The number of carbonyl (C=O) groups is 1. The van der Waals surface area contributed by atoms with Crippen LogP contribution in [0.3, 0.4) is 0 Å². The quantitative estimate of drug-likeness (QED) is 0.915. The first-order chi connectivity index (χ1) is 8.61. The number of rotatable bonds is 4. The number of aromatic nitrogens is 2. The summed E-state index contributed by atoms with van der Waals surface area (Å²) in [5.74, 6) is 0.318. The molecule has 0 spiro atoms. The van der Waals surface area contributed by atoms with E-state index in [0.717, 1.165) is 0 Å². The number of nitrogens with zero attached hydrogens (tertiary/aromatic N) is 2. The molecule has 0 saturated heterocycles. The summed E-state index contributed by atoms with van der Waals surface area (Å²) in [4.78, 5) is 11.7. The van der Waals surface area contributed by atoms with Gasteiger partial charge in [0.05, 0.1) is 31.2 Å². The van der Waals surface area contributed by atoms with Crippen molar-refractivity contribution < 1.29 is 13.9 Å². The topological polar surface area (TPSA) is 69.3 Å². The summed E-state index contributed by atoms with van der Waals surface area (Å²) in [6, 6.07) is 3.26. The van der Waals surface area contributed by atoms with Crippen LogP contribution in [-0.2, 0) is 13.6 Å². The molecule has 0 fully saturated rings. The van der Waals surface area contributed by atoms with Crippen molar-refractivity contribution in [2.75, 3.05) is 7.11 Å². The van der Waals surface area contributed by atoms with Gasteiger partial charge in [-0.25, -0.2) is 4.68 Å². The molecule has 0 aliphatic heterocycles. The van der Waals surface area contributed by atoms with E-state index in [1.807, 2.05) is 0 Å². The van der Waals surface area contributed by atoms with Crippen molar-refractivity contribution in [1.29, 1.82) is 0 Å². The van der Waals surface area contributed by atoms with E-state index in [1.54, 1.807) is 24.9 Å². The summed E-state index contributed by atoms with van der Waals surface area (Å²) in [5.41, 5.74) is 1.00. The number of methoxy groups -OCH3 is 1. The molecular formula is C11H12ClN3O3. The maximum Gasteiger partial charge on any atom is 0.256 e. The molecular weight excluding hydrogens is 258 g/mol. The number of amides is 1.